The third kappa shape index (κ3) is 2.15. The Kier molecular flexibility index (Phi) is 2.97. The molecule has 0 radical (unpaired) electrons. The van der Waals surface area contributed by atoms with Gasteiger partial charge in [-0.2, -0.15) is 0 Å². The molecule has 0 aliphatic heterocycles. The molecule has 0 aliphatic rings. The average molecular weight is 204 g/mol. The number of hydrogen-bond donors (Lipinski definition) is 2. The molecule has 2 aromatic heterocycles. The number of nitrogens with one attached hydrogen (secondary N) is 1. The highest BCUT2D eigenvalue weighted by atomic mass is 15.0. The van der Waals surface area contributed by atoms with Crippen molar-refractivity contribution in [1.29, 1.82) is 0 Å². The summed E-state index contributed by atoms with van der Waals surface area (Å²) in [6.45, 7) is 2.16. The molecule has 0 bridgehead atoms. The molecule has 0 fully saturated rings. The molecule has 15 heavy (non-hydrogen) atoms. The van der Waals surface area contributed by atoms with Crippen molar-refractivity contribution in [3.05, 3.63) is 24.3 Å². The van der Waals surface area contributed by atoms with Crippen molar-refractivity contribution >= 4 is 11.0 Å². The predicted octanol–water partition coefficient (Wildman–Crippen LogP) is 2.15. The minimum atomic E-state index is 0.0114. The average Bonchev–Trinajstić information content (AvgIpc) is 2.69. The Hall–Kier alpha value is -1.42. The molecule has 0 amide bonds. The summed E-state index contributed by atoms with van der Waals surface area (Å²) in [6.07, 6.45) is 6.79. The van der Waals surface area contributed by atoms with Gasteiger partial charge in [-0.3, -0.25) is 4.98 Å². The normalized spacial score (nSPS) is 13.2. The Morgan fingerprint density at radius 3 is 3.13 bits per heavy atom. The van der Waals surface area contributed by atoms with Crippen LogP contribution in [0.2, 0.25) is 0 Å². The maximum Gasteiger partial charge on any atom is 0.124 e. The van der Waals surface area contributed by atoms with E-state index in [1.807, 2.05) is 6.07 Å². The van der Waals surface area contributed by atoms with Gasteiger partial charge in [-0.25, -0.2) is 4.98 Å². The number of pyridine rings is 1. The monoisotopic (exact) mass is 204 g/mol. The van der Waals surface area contributed by atoms with E-state index in [4.69, 9.17) is 5.73 Å². The lowest BCUT2D eigenvalue weighted by Gasteiger charge is -2.06. The summed E-state index contributed by atoms with van der Waals surface area (Å²) in [5.41, 5.74) is 7.93. The van der Waals surface area contributed by atoms with Gasteiger partial charge in [0, 0.05) is 6.20 Å². The molecule has 4 heteroatoms. The summed E-state index contributed by atoms with van der Waals surface area (Å²) in [4.78, 5) is 11.7. The number of hydrogen-bond acceptors (Lipinski definition) is 3. The summed E-state index contributed by atoms with van der Waals surface area (Å²) in [6, 6.07) is 1.90. The second-order valence-electron chi connectivity index (χ2n) is 3.76. The lowest BCUT2D eigenvalue weighted by atomic mass is 10.1. The molecule has 2 rings (SSSR count). The van der Waals surface area contributed by atoms with Crippen LogP contribution in [0.4, 0.5) is 0 Å². The first-order valence-corrected chi connectivity index (χ1v) is 5.36. The second-order valence-corrected chi connectivity index (χ2v) is 3.76. The number of imidazole rings is 1. The van der Waals surface area contributed by atoms with Gasteiger partial charge in [0.05, 0.1) is 23.3 Å². The van der Waals surface area contributed by atoms with Gasteiger partial charge < -0.3 is 10.7 Å². The van der Waals surface area contributed by atoms with Crippen LogP contribution in [-0.4, -0.2) is 15.0 Å². The highest BCUT2D eigenvalue weighted by molar-refractivity contribution is 5.73. The number of rotatable bonds is 4. The van der Waals surface area contributed by atoms with E-state index in [2.05, 4.69) is 21.9 Å². The molecule has 80 valence electrons. The maximum absolute atomic E-state index is 6.03. The zero-order chi connectivity index (χ0) is 10.7. The lowest BCUT2D eigenvalue weighted by Crippen LogP contribution is -2.11. The summed E-state index contributed by atoms with van der Waals surface area (Å²) < 4.78 is 0. The van der Waals surface area contributed by atoms with Gasteiger partial charge in [0.1, 0.15) is 5.82 Å². The summed E-state index contributed by atoms with van der Waals surface area (Å²) in [7, 11) is 0. The fraction of sp³-hybridized carbons (Fsp3) is 0.455. The number of nitrogens with two attached hydrogens (primary N) is 1. The van der Waals surface area contributed by atoms with E-state index < -0.39 is 0 Å². The molecule has 0 spiro atoms. The molecule has 0 aliphatic carbocycles. The number of fused-ring (bicyclic) bond motifs is 1. The van der Waals surface area contributed by atoms with Crippen LogP contribution in [-0.2, 0) is 0 Å². The topological polar surface area (TPSA) is 67.6 Å². The van der Waals surface area contributed by atoms with Crippen LogP contribution in [0.15, 0.2) is 18.5 Å². The number of aromatic nitrogens is 3. The van der Waals surface area contributed by atoms with Crippen molar-refractivity contribution in [2.45, 2.75) is 32.2 Å². The minimum Gasteiger partial charge on any atom is -0.339 e. The van der Waals surface area contributed by atoms with Crippen LogP contribution >= 0.6 is 0 Å². The molecule has 2 aromatic rings. The van der Waals surface area contributed by atoms with E-state index in [9.17, 15) is 0 Å². The van der Waals surface area contributed by atoms with Gasteiger partial charge in [0.25, 0.3) is 0 Å². The second kappa shape index (κ2) is 4.40. The predicted molar refractivity (Wildman–Crippen MR) is 60.3 cm³/mol. The van der Waals surface area contributed by atoms with Crippen LogP contribution in [0.1, 0.15) is 38.1 Å². The van der Waals surface area contributed by atoms with Crippen LogP contribution < -0.4 is 5.73 Å². The van der Waals surface area contributed by atoms with Gasteiger partial charge in [0.15, 0.2) is 0 Å². The van der Waals surface area contributed by atoms with Gasteiger partial charge in [-0.15, -0.1) is 0 Å². The maximum atomic E-state index is 6.03. The summed E-state index contributed by atoms with van der Waals surface area (Å²) >= 11 is 0. The van der Waals surface area contributed by atoms with E-state index in [0.717, 1.165) is 36.1 Å². The first-order valence-electron chi connectivity index (χ1n) is 5.36. The van der Waals surface area contributed by atoms with Crippen LogP contribution in [0.3, 0.4) is 0 Å². The number of unbranched alkanes of at least 4 members (excludes halogenated alkanes) is 1. The van der Waals surface area contributed by atoms with Crippen LogP contribution in [0.25, 0.3) is 11.0 Å². The standard InChI is InChI=1S/C11H16N4/c1-2-3-4-8(12)11-14-9-5-6-13-7-10(9)15-11/h5-8H,2-4,12H2,1H3,(H,14,15). The molecule has 0 saturated heterocycles. The SMILES string of the molecule is CCCCC(N)c1nc2ccncc2[nH]1. The Morgan fingerprint density at radius 1 is 1.53 bits per heavy atom. The quantitative estimate of drug-likeness (QED) is 0.801. The largest absolute Gasteiger partial charge is 0.339 e. The van der Waals surface area contributed by atoms with Crippen molar-refractivity contribution in [2.24, 2.45) is 5.73 Å². The number of H-pyrrole nitrogens is 1. The summed E-state index contributed by atoms with van der Waals surface area (Å²) in [5.74, 6) is 0.867. The Bertz CT molecular complexity index is 402. The zero-order valence-corrected chi connectivity index (χ0v) is 8.90. The van der Waals surface area contributed by atoms with E-state index >= 15 is 0 Å². The van der Waals surface area contributed by atoms with Crippen molar-refractivity contribution < 1.29 is 0 Å². The molecule has 2 heterocycles. The highest BCUT2D eigenvalue weighted by Gasteiger charge is 2.10. The molecule has 4 nitrogen and oxygen atoms in total. The highest BCUT2D eigenvalue weighted by Crippen LogP contribution is 2.17. The van der Waals surface area contributed by atoms with Crippen molar-refractivity contribution in [3.8, 4) is 0 Å². The fourth-order valence-corrected chi connectivity index (χ4v) is 1.61. The minimum absolute atomic E-state index is 0.0114. The zero-order valence-electron chi connectivity index (χ0n) is 8.90. The number of aromatic amines is 1. The molecule has 1 atom stereocenters. The third-order valence-electron chi connectivity index (χ3n) is 2.52. The molecule has 0 aromatic carbocycles. The fourth-order valence-electron chi connectivity index (χ4n) is 1.61. The van der Waals surface area contributed by atoms with Crippen molar-refractivity contribution in [3.63, 3.8) is 0 Å². The first-order chi connectivity index (χ1) is 7.31. The van der Waals surface area contributed by atoms with Gasteiger partial charge in [-0.05, 0) is 12.5 Å². The van der Waals surface area contributed by atoms with E-state index in [1.165, 1.54) is 0 Å². The van der Waals surface area contributed by atoms with E-state index in [0.29, 0.717) is 0 Å². The van der Waals surface area contributed by atoms with Crippen LogP contribution in [0, 0.1) is 0 Å². The van der Waals surface area contributed by atoms with Gasteiger partial charge in [-0.1, -0.05) is 19.8 Å². The Morgan fingerprint density at radius 2 is 2.40 bits per heavy atom. The number of nitrogens with zero attached hydrogens (tertiary/aromatic N) is 2. The first kappa shape index (κ1) is 10.1. The van der Waals surface area contributed by atoms with Gasteiger partial charge >= 0.3 is 0 Å². The lowest BCUT2D eigenvalue weighted by molar-refractivity contribution is 0.581. The van der Waals surface area contributed by atoms with Crippen LogP contribution in [0.5, 0.6) is 0 Å². The Labute approximate surface area is 88.9 Å². The summed E-state index contributed by atoms with van der Waals surface area (Å²) in [5, 5.41) is 0. The van der Waals surface area contributed by atoms with Crippen molar-refractivity contribution in [2.75, 3.05) is 0 Å². The Balaban J connectivity index is 2.20. The third-order valence-corrected chi connectivity index (χ3v) is 2.52. The van der Waals surface area contributed by atoms with Gasteiger partial charge in [0.2, 0.25) is 0 Å². The smallest absolute Gasteiger partial charge is 0.124 e. The molecular weight excluding hydrogens is 188 g/mol. The molecular formula is C11H16N4. The molecule has 3 N–H and O–H groups in total. The molecule has 0 saturated carbocycles. The van der Waals surface area contributed by atoms with Crippen molar-refractivity contribution in [1.82, 2.24) is 15.0 Å². The van der Waals surface area contributed by atoms with E-state index in [1.54, 1.807) is 12.4 Å². The van der Waals surface area contributed by atoms with E-state index in [-0.39, 0.29) is 6.04 Å². The molecule has 1 unspecified atom stereocenters.